The first kappa shape index (κ1) is 13.9. The molecule has 0 bridgehead atoms. The monoisotopic (exact) mass is 294 g/mol. The first-order chi connectivity index (χ1) is 8.99. The van der Waals surface area contributed by atoms with E-state index in [4.69, 9.17) is 17.3 Å². The van der Waals surface area contributed by atoms with Gasteiger partial charge >= 0.3 is 0 Å². The maximum atomic E-state index is 12.3. The third kappa shape index (κ3) is 3.08. The molecule has 0 aliphatic rings. The molecule has 0 saturated carbocycles. The number of nitrogens with zero attached hydrogens (tertiary/aromatic N) is 1. The largest absolute Gasteiger partial charge is 0.399 e. The lowest BCUT2D eigenvalue weighted by Crippen LogP contribution is -2.25. The SMILES string of the molecule is Cc1csc(C(=O)N(C)Cc2ccc(N)cc2)c1Cl. The fraction of sp³-hybridized carbons (Fsp3) is 0.214. The van der Waals surface area contributed by atoms with Crippen molar-refractivity contribution in [2.45, 2.75) is 13.5 Å². The van der Waals surface area contributed by atoms with Gasteiger partial charge in [0, 0.05) is 19.3 Å². The van der Waals surface area contributed by atoms with E-state index in [0.29, 0.717) is 16.4 Å². The number of carbonyl (C=O) groups excluding carboxylic acids is 1. The van der Waals surface area contributed by atoms with E-state index in [1.807, 2.05) is 36.6 Å². The number of hydrogen-bond donors (Lipinski definition) is 1. The zero-order valence-electron chi connectivity index (χ0n) is 10.8. The van der Waals surface area contributed by atoms with Crippen molar-refractivity contribution in [2.24, 2.45) is 0 Å². The number of benzene rings is 1. The Morgan fingerprint density at radius 1 is 1.37 bits per heavy atom. The quantitative estimate of drug-likeness (QED) is 0.880. The maximum absolute atomic E-state index is 12.3. The summed E-state index contributed by atoms with van der Waals surface area (Å²) in [5, 5.41) is 2.45. The van der Waals surface area contributed by atoms with Crippen LogP contribution in [0.25, 0.3) is 0 Å². The molecule has 2 rings (SSSR count). The summed E-state index contributed by atoms with van der Waals surface area (Å²) in [5.41, 5.74) is 8.33. The second-order valence-electron chi connectivity index (χ2n) is 4.46. The number of nitrogen functional groups attached to an aromatic ring is 1. The van der Waals surface area contributed by atoms with Crippen LogP contribution in [0.1, 0.15) is 20.8 Å². The second kappa shape index (κ2) is 5.63. The van der Waals surface area contributed by atoms with E-state index in [-0.39, 0.29) is 5.91 Å². The van der Waals surface area contributed by atoms with Gasteiger partial charge in [0.2, 0.25) is 0 Å². The minimum atomic E-state index is -0.0556. The molecule has 1 aromatic heterocycles. The van der Waals surface area contributed by atoms with Crippen LogP contribution in [0, 0.1) is 6.92 Å². The first-order valence-corrected chi connectivity index (χ1v) is 7.08. The van der Waals surface area contributed by atoms with Gasteiger partial charge in [-0.2, -0.15) is 0 Å². The number of halogens is 1. The average Bonchev–Trinajstić information content (AvgIpc) is 2.72. The first-order valence-electron chi connectivity index (χ1n) is 5.82. The summed E-state index contributed by atoms with van der Waals surface area (Å²) in [6.45, 7) is 2.43. The number of thiophene rings is 1. The fourth-order valence-electron chi connectivity index (χ4n) is 1.72. The number of aryl methyl sites for hydroxylation is 1. The van der Waals surface area contributed by atoms with Gasteiger partial charge in [0.15, 0.2) is 0 Å². The van der Waals surface area contributed by atoms with E-state index in [0.717, 1.165) is 16.8 Å². The molecule has 0 fully saturated rings. The number of amides is 1. The normalized spacial score (nSPS) is 10.5. The molecule has 2 aromatic rings. The van der Waals surface area contributed by atoms with E-state index in [1.165, 1.54) is 11.3 Å². The van der Waals surface area contributed by atoms with Crippen molar-refractivity contribution in [1.29, 1.82) is 0 Å². The highest BCUT2D eigenvalue weighted by molar-refractivity contribution is 7.13. The van der Waals surface area contributed by atoms with Crippen LogP contribution in [0.15, 0.2) is 29.6 Å². The van der Waals surface area contributed by atoms with Crippen LogP contribution in [-0.4, -0.2) is 17.9 Å². The molecule has 0 saturated heterocycles. The molecule has 0 atom stereocenters. The molecule has 1 amide bonds. The van der Waals surface area contributed by atoms with E-state index in [2.05, 4.69) is 0 Å². The number of carbonyl (C=O) groups is 1. The molecule has 0 unspecified atom stereocenters. The van der Waals surface area contributed by atoms with Crippen molar-refractivity contribution in [2.75, 3.05) is 12.8 Å². The molecular formula is C14H15ClN2OS. The standard InChI is InChI=1S/C14H15ClN2OS/c1-9-8-19-13(12(9)15)14(18)17(2)7-10-3-5-11(16)6-4-10/h3-6,8H,7,16H2,1-2H3. The Hall–Kier alpha value is -1.52. The Labute approximate surface area is 121 Å². The molecule has 0 aliphatic heterocycles. The van der Waals surface area contributed by atoms with Crippen LogP contribution >= 0.6 is 22.9 Å². The van der Waals surface area contributed by atoms with Gasteiger partial charge in [-0.3, -0.25) is 4.79 Å². The van der Waals surface area contributed by atoms with Crippen molar-refractivity contribution < 1.29 is 4.79 Å². The highest BCUT2D eigenvalue weighted by atomic mass is 35.5. The van der Waals surface area contributed by atoms with Crippen LogP contribution < -0.4 is 5.73 Å². The van der Waals surface area contributed by atoms with Crippen LogP contribution in [0.4, 0.5) is 5.69 Å². The van der Waals surface area contributed by atoms with Crippen molar-refractivity contribution >= 4 is 34.5 Å². The number of rotatable bonds is 3. The summed E-state index contributed by atoms with van der Waals surface area (Å²) in [4.78, 5) is 14.5. The van der Waals surface area contributed by atoms with E-state index in [9.17, 15) is 4.79 Å². The van der Waals surface area contributed by atoms with E-state index in [1.54, 1.807) is 11.9 Å². The summed E-state index contributed by atoms with van der Waals surface area (Å²) in [6, 6.07) is 7.49. The van der Waals surface area contributed by atoms with Gasteiger partial charge in [0.05, 0.1) is 5.02 Å². The molecule has 3 nitrogen and oxygen atoms in total. The Morgan fingerprint density at radius 2 is 2.00 bits per heavy atom. The summed E-state index contributed by atoms with van der Waals surface area (Å²) >= 11 is 7.50. The van der Waals surface area contributed by atoms with Crippen molar-refractivity contribution in [1.82, 2.24) is 4.90 Å². The molecule has 19 heavy (non-hydrogen) atoms. The van der Waals surface area contributed by atoms with E-state index >= 15 is 0 Å². The number of hydrogen-bond acceptors (Lipinski definition) is 3. The molecule has 5 heteroatoms. The molecule has 0 aliphatic carbocycles. The van der Waals surface area contributed by atoms with Crippen LogP contribution in [0.3, 0.4) is 0 Å². The van der Waals surface area contributed by atoms with Gasteiger partial charge in [0.1, 0.15) is 4.88 Å². The van der Waals surface area contributed by atoms with Gasteiger partial charge in [-0.25, -0.2) is 0 Å². The average molecular weight is 295 g/mol. The second-order valence-corrected chi connectivity index (χ2v) is 5.72. The van der Waals surface area contributed by atoms with E-state index < -0.39 is 0 Å². The van der Waals surface area contributed by atoms with Gasteiger partial charge in [0.25, 0.3) is 5.91 Å². The number of nitrogens with two attached hydrogens (primary N) is 1. The van der Waals surface area contributed by atoms with Crippen LogP contribution in [0.5, 0.6) is 0 Å². The minimum Gasteiger partial charge on any atom is -0.399 e. The predicted molar refractivity (Wildman–Crippen MR) is 80.7 cm³/mol. The Morgan fingerprint density at radius 3 is 2.53 bits per heavy atom. The zero-order chi connectivity index (χ0) is 14.0. The van der Waals surface area contributed by atoms with Gasteiger partial charge < -0.3 is 10.6 Å². The summed E-state index contributed by atoms with van der Waals surface area (Å²) in [6.07, 6.45) is 0. The van der Waals surface area contributed by atoms with Crippen molar-refractivity contribution in [3.05, 3.63) is 50.7 Å². The molecule has 100 valence electrons. The highest BCUT2D eigenvalue weighted by Crippen LogP contribution is 2.28. The third-order valence-electron chi connectivity index (χ3n) is 2.84. The Balaban J connectivity index is 2.11. The molecule has 1 heterocycles. The smallest absolute Gasteiger partial charge is 0.265 e. The van der Waals surface area contributed by atoms with Crippen molar-refractivity contribution in [3.63, 3.8) is 0 Å². The maximum Gasteiger partial charge on any atom is 0.265 e. The Kier molecular flexibility index (Phi) is 4.12. The lowest BCUT2D eigenvalue weighted by molar-refractivity contribution is 0.0790. The molecule has 0 spiro atoms. The van der Waals surface area contributed by atoms with Gasteiger partial charge in [-0.1, -0.05) is 23.7 Å². The molecule has 1 aromatic carbocycles. The van der Waals surface area contributed by atoms with Crippen molar-refractivity contribution in [3.8, 4) is 0 Å². The minimum absolute atomic E-state index is 0.0556. The predicted octanol–water partition coefficient (Wildman–Crippen LogP) is 3.56. The molecule has 0 radical (unpaired) electrons. The van der Waals surface area contributed by atoms with Crippen LogP contribution in [0.2, 0.25) is 5.02 Å². The van der Waals surface area contributed by atoms with Gasteiger partial charge in [-0.15, -0.1) is 11.3 Å². The number of anilines is 1. The zero-order valence-corrected chi connectivity index (χ0v) is 12.4. The topological polar surface area (TPSA) is 46.3 Å². The third-order valence-corrected chi connectivity index (χ3v) is 4.52. The molecule has 2 N–H and O–H groups in total. The lowest BCUT2D eigenvalue weighted by Gasteiger charge is -2.16. The lowest BCUT2D eigenvalue weighted by atomic mass is 10.2. The molecular weight excluding hydrogens is 280 g/mol. The Bertz CT molecular complexity index is 592. The van der Waals surface area contributed by atoms with Gasteiger partial charge in [-0.05, 0) is 35.6 Å². The fourth-order valence-corrected chi connectivity index (χ4v) is 2.98. The summed E-state index contributed by atoms with van der Waals surface area (Å²) in [7, 11) is 1.77. The van der Waals surface area contributed by atoms with Crippen LogP contribution in [-0.2, 0) is 6.54 Å². The summed E-state index contributed by atoms with van der Waals surface area (Å²) < 4.78 is 0. The highest BCUT2D eigenvalue weighted by Gasteiger charge is 2.18. The summed E-state index contributed by atoms with van der Waals surface area (Å²) in [5.74, 6) is -0.0556.